The third kappa shape index (κ3) is 4.05. The summed E-state index contributed by atoms with van der Waals surface area (Å²) in [5, 5.41) is 19.2. The highest BCUT2D eigenvalue weighted by Gasteiger charge is 2.15. The number of carboxylic acids is 1. The Bertz CT molecular complexity index is 451. The second kappa shape index (κ2) is 6.27. The van der Waals surface area contributed by atoms with Crippen LogP contribution in [0.3, 0.4) is 0 Å². The van der Waals surface area contributed by atoms with Crippen LogP contribution in [0.4, 0.5) is 0 Å². The normalized spacial score (nSPS) is 12.7. The van der Waals surface area contributed by atoms with E-state index < -0.39 is 11.9 Å². The minimum absolute atomic E-state index is 0.0177. The summed E-state index contributed by atoms with van der Waals surface area (Å²) in [5.74, 6) is -1.35. The molecule has 0 radical (unpaired) electrons. The molecule has 0 aliphatic rings. The summed E-state index contributed by atoms with van der Waals surface area (Å²) < 4.78 is 0. The Labute approximate surface area is 116 Å². The number of halogens is 2. The van der Waals surface area contributed by atoms with Gasteiger partial charge in [0.05, 0.1) is 10.9 Å². The van der Waals surface area contributed by atoms with Crippen molar-refractivity contribution in [3.63, 3.8) is 0 Å². The Morgan fingerprint density at radius 2 is 2.06 bits per heavy atom. The van der Waals surface area contributed by atoms with E-state index in [0.717, 1.165) is 0 Å². The molecule has 0 bridgehead atoms. The van der Waals surface area contributed by atoms with Gasteiger partial charge in [-0.05, 0) is 19.2 Å². The van der Waals surface area contributed by atoms with Crippen molar-refractivity contribution in [3.05, 3.63) is 27.7 Å². The van der Waals surface area contributed by atoms with Gasteiger partial charge in [-0.25, -0.2) is 0 Å². The molecule has 0 saturated carbocycles. The third-order valence-electron chi connectivity index (χ3n) is 2.55. The highest BCUT2D eigenvalue weighted by atomic mass is 35.5. The van der Waals surface area contributed by atoms with Gasteiger partial charge in [-0.15, -0.1) is 0 Å². The van der Waals surface area contributed by atoms with E-state index in [0.29, 0.717) is 23.7 Å². The maximum atomic E-state index is 10.7. The number of aromatic hydroxyl groups is 1. The van der Waals surface area contributed by atoms with Crippen molar-refractivity contribution in [2.75, 3.05) is 13.6 Å². The minimum atomic E-state index is -0.852. The second-order valence-electron chi connectivity index (χ2n) is 4.33. The van der Waals surface area contributed by atoms with Crippen LogP contribution in [0.25, 0.3) is 0 Å². The average molecular weight is 292 g/mol. The molecule has 1 aromatic carbocycles. The molecule has 0 aliphatic heterocycles. The molecule has 1 rings (SSSR count). The van der Waals surface area contributed by atoms with Crippen molar-refractivity contribution >= 4 is 29.2 Å². The molecule has 0 aromatic heterocycles. The number of phenols is 1. The molecule has 1 aromatic rings. The van der Waals surface area contributed by atoms with E-state index in [1.54, 1.807) is 24.9 Å². The first kappa shape index (κ1) is 15.1. The molecule has 0 spiro atoms. The zero-order valence-electron chi connectivity index (χ0n) is 10.2. The zero-order chi connectivity index (χ0) is 13.9. The summed E-state index contributed by atoms with van der Waals surface area (Å²) >= 11 is 11.7. The molecular formula is C12H15Cl2NO3. The molecule has 0 heterocycles. The number of nitrogens with zero attached hydrogens (tertiary/aromatic N) is 1. The maximum absolute atomic E-state index is 10.7. The van der Waals surface area contributed by atoms with Crippen LogP contribution in [0.15, 0.2) is 12.1 Å². The summed E-state index contributed by atoms with van der Waals surface area (Å²) in [5.41, 5.74) is 0.576. The number of aliphatic carboxylic acids is 1. The van der Waals surface area contributed by atoms with E-state index in [-0.39, 0.29) is 10.8 Å². The SMILES string of the molecule is CC(CN(C)Cc1cc(Cl)cc(Cl)c1O)C(=O)O. The molecule has 1 atom stereocenters. The van der Waals surface area contributed by atoms with Gasteiger partial charge in [-0.3, -0.25) is 4.79 Å². The Morgan fingerprint density at radius 3 is 2.61 bits per heavy atom. The number of hydrogen-bond donors (Lipinski definition) is 2. The van der Waals surface area contributed by atoms with Crippen LogP contribution in [-0.2, 0) is 11.3 Å². The van der Waals surface area contributed by atoms with Gasteiger partial charge in [-0.1, -0.05) is 30.1 Å². The monoisotopic (exact) mass is 291 g/mol. The number of phenolic OH excluding ortho intramolecular Hbond substituents is 1. The van der Waals surface area contributed by atoms with E-state index in [2.05, 4.69) is 0 Å². The van der Waals surface area contributed by atoms with Gasteiger partial charge in [0.15, 0.2) is 0 Å². The minimum Gasteiger partial charge on any atom is -0.506 e. The van der Waals surface area contributed by atoms with Gasteiger partial charge >= 0.3 is 5.97 Å². The first-order valence-corrected chi connectivity index (χ1v) is 6.15. The Balaban J connectivity index is 2.76. The Hall–Kier alpha value is -0.970. The van der Waals surface area contributed by atoms with Gasteiger partial charge in [0, 0.05) is 23.7 Å². The quantitative estimate of drug-likeness (QED) is 0.876. The number of carbonyl (C=O) groups is 1. The smallest absolute Gasteiger partial charge is 0.307 e. The van der Waals surface area contributed by atoms with Crippen molar-refractivity contribution in [1.29, 1.82) is 0 Å². The standard InChI is InChI=1S/C12H15Cl2NO3/c1-7(12(17)18)5-15(2)6-8-3-9(13)4-10(14)11(8)16/h3-4,7,16H,5-6H2,1-2H3,(H,17,18). The van der Waals surface area contributed by atoms with Crippen molar-refractivity contribution < 1.29 is 15.0 Å². The topological polar surface area (TPSA) is 60.8 Å². The predicted octanol–water partition coefficient (Wildman–Crippen LogP) is 2.85. The fourth-order valence-electron chi connectivity index (χ4n) is 1.64. The summed E-state index contributed by atoms with van der Waals surface area (Å²) in [4.78, 5) is 12.5. The summed E-state index contributed by atoms with van der Waals surface area (Å²) in [6, 6.07) is 3.08. The van der Waals surface area contributed by atoms with Gasteiger partial charge in [-0.2, -0.15) is 0 Å². The molecule has 0 aliphatic carbocycles. The van der Waals surface area contributed by atoms with Crippen molar-refractivity contribution in [3.8, 4) is 5.75 Å². The van der Waals surface area contributed by atoms with Crippen molar-refractivity contribution in [2.45, 2.75) is 13.5 Å². The molecule has 1 unspecified atom stereocenters. The molecule has 2 N–H and O–H groups in total. The summed E-state index contributed by atoms with van der Waals surface area (Å²) in [6.45, 7) is 2.38. The Kier molecular flexibility index (Phi) is 5.26. The lowest BCUT2D eigenvalue weighted by molar-refractivity contribution is -0.141. The van der Waals surface area contributed by atoms with Crippen LogP contribution in [-0.4, -0.2) is 34.7 Å². The second-order valence-corrected chi connectivity index (χ2v) is 5.18. The molecule has 18 heavy (non-hydrogen) atoms. The molecular weight excluding hydrogens is 277 g/mol. The number of hydrogen-bond acceptors (Lipinski definition) is 3. The summed E-state index contributed by atoms with van der Waals surface area (Å²) in [7, 11) is 1.77. The van der Waals surface area contributed by atoms with E-state index in [1.807, 2.05) is 0 Å². The molecule has 0 saturated heterocycles. The molecule has 0 fully saturated rings. The van der Waals surface area contributed by atoms with Gasteiger partial charge in [0.2, 0.25) is 0 Å². The lowest BCUT2D eigenvalue weighted by Gasteiger charge is -2.20. The van der Waals surface area contributed by atoms with E-state index in [1.165, 1.54) is 6.07 Å². The maximum Gasteiger partial charge on any atom is 0.307 e. The largest absolute Gasteiger partial charge is 0.506 e. The van der Waals surface area contributed by atoms with E-state index in [9.17, 15) is 9.90 Å². The van der Waals surface area contributed by atoms with Crippen LogP contribution in [0.5, 0.6) is 5.75 Å². The molecule has 4 nitrogen and oxygen atoms in total. The van der Waals surface area contributed by atoms with Crippen molar-refractivity contribution in [1.82, 2.24) is 4.90 Å². The van der Waals surface area contributed by atoms with Crippen LogP contribution in [0.1, 0.15) is 12.5 Å². The fourth-order valence-corrected chi connectivity index (χ4v) is 2.18. The fraction of sp³-hybridized carbons (Fsp3) is 0.417. The molecule has 0 amide bonds. The van der Waals surface area contributed by atoms with Crippen LogP contribution >= 0.6 is 23.2 Å². The number of benzene rings is 1. The Morgan fingerprint density at radius 1 is 1.44 bits per heavy atom. The number of rotatable bonds is 5. The average Bonchev–Trinajstić information content (AvgIpc) is 2.24. The van der Waals surface area contributed by atoms with Crippen LogP contribution in [0, 0.1) is 5.92 Å². The third-order valence-corrected chi connectivity index (χ3v) is 3.06. The van der Waals surface area contributed by atoms with Crippen molar-refractivity contribution in [2.24, 2.45) is 5.92 Å². The zero-order valence-corrected chi connectivity index (χ0v) is 11.7. The van der Waals surface area contributed by atoms with E-state index >= 15 is 0 Å². The highest BCUT2D eigenvalue weighted by molar-refractivity contribution is 6.35. The van der Waals surface area contributed by atoms with Gasteiger partial charge in [0.1, 0.15) is 5.75 Å². The van der Waals surface area contributed by atoms with Crippen LogP contribution < -0.4 is 0 Å². The molecule has 100 valence electrons. The summed E-state index contributed by atoms with van der Waals surface area (Å²) in [6.07, 6.45) is 0. The van der Waals surface area contributed by atoms with Crippen LogP contribution in [0.2, 0.25) is 10.0 Å². The van der Waals surface area contributed by atoms with Gasteiger partial charge in [0.25, 0.3) is 0 Å². The van der Waals surface area contributed by atoms with Gasteiger partial charge < -0.3 is 15.1 Å². The first-order valence-electron chi connectivity index (χ1n) is 5.39. The first-order chi connectivity index (χ1) is 8.31. The molecule has 6 heteroatoms. The van der Waals surface area contributed by atoms with E-state index in [4.69, 9.17) is 28.3 Å². The number of carboxylic acid groups (broad SMARTS) is 1. The predicted molar refractivity (Wildman–Crippen MR) is 71.3 cm³/mol. The lowest BCUT2D eigenvalue weighted by Crippen LogP contribution is -2.28. The lowest BCUT2D eigenvalue weighted by atomic mass is 10.1. The highest BCUT2D eigenvalue weighted by Crippen LogP contribution is 2.31.